The molecule has 5 amide bonds. The standard InChI is InChI=1S/C57H100N6O17S/c1-3-5-7-9-11-13-15-17-19-21-23-25-27-29-52(73)79-41-43(80-53(74)30-28-26-24-22-20-18-16-14-12-10-8-6-4-2)42-81-38-36-46(64)63-57(58,37-35-51(71)72)56(78)60-40-48(66)61-44(31-33-49(67)68)54(75)59-39-47(65)62-45(55(76)77)32-34-50(69)70/h43-45H,3-42,58H2,1-2H3,(H,59,75)(H,60,78)(H,61,66)(H,62,65)(H,63,64)(H,67,68)(H,69,70)(H,71,72)(H,76,77)/t43-,44?,45-,57-/m1/s1. The van der Waals surface area contributed by atoms with Crippen LogP contribution in [-0.4, -0.2) is 141 Å². The van der Waals surface area contributed by atoms with Crippen LogP contribution in [0.1, 0.15) is 239 Å². The van der Waals surface area contributed by atoms with Crippen LogP contribution in [0.5, 0.6) is 0 Å². The van der Waals surface area contributed by atoms with Crippen LogP contribution in [0, 0.1) is 0 Å². The Morgan fingerprint density at radius 1 is 0.481 bits per heavy atom. The van der Waals surface area contributed by atoms with Crippen LogP contribution in [-0.2, 0) is 62.2 Å². The van der Waals surface area contributed by atoms with E-state index >= 15 is 0 Å². The van der Waals surface area contributed by atoms with Gasteiger partial charge in [-0.1, -0.05) is 168 Å². The van der Waals surface area contributed by atoms with Crippen LogP contribution in [0.25, 0.3) is 0 Å². The fraction of sp³-hybridized carbons (Fsp3) is 0.807. The van der Waals surface area contributed by atoms with Gasteiger partial charge in [-0.15, -0.1) is 0 Å². The summed E-state index contributed by atoms with van der Waals surface area (Å²) in [6, 6.07) is -3.20. The third-order valence-corrected chi connectivity index (χ3v) is 14.5. The number of carboxylic acids is 4. The average molecular weight is 1170 g/mol. The molecule has 466 valence electrons. The van der Waals surface area contributed by atoms with Gasteiger partial charge in [-0.3, -0.25) is 47.9 Å². The van der Waals surface area contributed by atoms with Gasteiger partial charge in [0.15, 0.2) is 5.66 Å². The number of amides is 5. The van der Waals surface area contributed by atoms with Crippen molar-refractivity contribution in [2.45, 2.75) is 262 Å². The molecule has 0 spiro atoms. The van der Waals surface area contributed by atoms with E-state index in [1.807, 2.05) is 5.32 Å². The van der Waals surface area contributed by atoms with Crippen molar-refractivity contribution < 1.29 is 82.6 Å². The van der Waals surface area contributed by atoms with Crippen LogP contribution in [0.2, 0.25) is 0 Å². The first-order valence-electron chi connectivity index (χ1n) is 29.8. The first-order chi connectivity index (χ1) is 38.7. The molecule has 23 nitrogen and oxygen atoms in total. The van der Waals surface area contributed by atoms with Gasteiger partial charge in [-0.25, -0.2) is 4.79 Å². The minimum atomic E-state index is -2.36. The van der Waals surface area contributed by atoms with Gasteiger partial charge in [0.25, 0.3) is 5.91 Å². The minimum absolute atomic E-state index is 0.108. The summed E-state index contributed by atoms with van der Waals surface area (Å²) in [7, 11) is 0. The van der Waals surface area contributed by atoms with E-state index < -0.39 is 141 Å². The summed E-state index contributed by atoms with van der Waals surface area (Å²) >= 11 is 1.21. The minimum Gasteiger partial charge on any atom is -0.481 e. The van der Waals surface area contributed by atoms with Crippen molar-refractivity contribution in [1.29, 1.82) is 0 Å². The van der Waals surface area contributed by atoms with Crippen LogP contribution < -0.4 is 32.3 Å². The van der Waals surface area contributed by atoms with E-state index in [-0.39, 0.29) is 37.4 Å². The molecule has 0 radical (unpaired) electrons. The van der Waals surface area contributed by atoms with Gasteiger partial charge in [-0.2, -0.15) is 11.8 Å². The second-order valence-electron chi connectivity index (χ2n) is 20.9. The number of nitrogens with one attached hydrogen (secondary N) is 5. The van der Waals surface area contributed by atoms with Crippen molar-refractivity contribution >= 4 is 77.1 Å². The molecule has 24 heteroatoms. The van der Waals surface area contributed by atoms with Crippen molar-refractivity contribution in [2.24, 2.45) is 5.73 Å². The van der Waals surface area contributed by atoms with Crippen molar-refractivity contribution in [3.05, 3.63) is 0 Å². The topological polar surface area (TPSA) is 373 Å². The number of rotatable bonds is 55. The highest BCUT2D eigenvalue weighted by Crippen LogP contribution is 2.17. The molecule has 0 aromatic heterocycles. The molecular weight excluding hydrogens is 1070 g/mol. The zero-order valence-electron chi connectivity index (χ0n) is 48.6. The Bertz CT molecular complexity index is 1860. The second kappa shape index (κ2) is 49.1. The van der Waals surface area contributed by atoms with Gasteiger partial charge in [-0.05, 0) is 25.7 Å². The highest BCUT2D eigenvalue weighted by Gasteiger charge is 2.37. The van der Waals surface area contributed by atoms with Gasteiger partial charge in [0.2, 0.25) is 23.6 Å². The molecule has 1 unspecified atom stereocenters. The number of thioether (sulfide) groups is 1. The number of carboxylic acid groups (broad SMARTS) is 4. The van der Waals surface area contributed by atoms with E-state index in [1.54, 1.807) is 0 Å². The van der Waals surface area contributed by atoms with Gasteiger partial charge in [0.05, 0.1) is 13.1 Å². The number of nitrogens with two attached hydrogens (primary N) is 1. The molecule has 0 rings (SSSR count). The van der Waals surface area contributed by atoms with Crippen LogP contribution in [0.3, 0.4) is 0 Å². The molecule has 0 aromatic rings. The summed E-state index contributed by atoms with van der Waals surface area (Å²) in [5.74, 6) is -11.3. The van der Waals surface area contributed by atoms with E-state index in [1.165, 1.54) is 127 Å². The monoisotopic (exact) mass is 1170 g/mol. The van der Waals surface area contributed by atoms with E-state index in [2.05, 4.69) is 35.1 Å². The lowest BCUT2D eigenvalue weighted by atomic mass is 10.0. The molecule has 0 aliphatic carbocycles. The predicted molar refractivity (Wildman–Crippen MR) is 307 cm³/mol. The van der Waals surface area contributed by atoms with E-state index in [0.717, 1.165) is 38.5 Å². The summed E-state index contributed by atoms with van der Waals surface area (Å²) < 4.78 is 11.3. The lowest BCUT2D eigenvalue weighted by Crippen LogP contribution is -2.66. The summed E-state index contributed by atoms with van der Waals surface area (Å²) in [5.41, 5.74) is 3.90. The first-order valence-corrected chi connectivity index (χ1v) is 30.9. The predicted octanol–water partition coefficient (Wildman–Crippen LogP) is 7.18. The van der Waals surface area contributed by atoms with Crippen LogP contribution in [0.4, 0.5) is 0 Å². The number of aliphatic carboxylic acids is 4. The maximum Gasteiger partial charge on any atom is 0.326 e. The molecule has 0 aliphatic rings. The second-order valence-corrected chi connectivity index (χ2v) is 22.0. The number of ether oxygens (including phenoxy) is 2. The third-order valence-electron chi connectivity index (χ3n) is 13.4. The van der Waals surface area contributed by atoms with Gasteiger partial charge < -0.3 is 62.2 Å². The molecule has 0 heterocycles. The molecular formula is C57H100N6O17S. The van der Waals surface area contributed by atoms with Gasteiger partial charge in [0, 0.05) is 56.5 Å². The molecule has 0 saturated carbocycles. The zero-order valence-corrected chi connectivity index (χ0v) is 49.4. The Morgan fingerprint density at radius 2 is 0.889 bits per heavy atom. The number of hydrogen-bond acceptors (Lipinski definition) is 15. The van der Waals surface area contributed by atoms with Crippen LogP contribution >= 0.6 is 11.8 Å². The molecule has 0 fully saturated rings. The SMILES string of the molecule is CCCCCCCCCCCCCCCC(=O)OC[C@H](CSCCC(=O)N[C@](N)(CCC(=O)O)C(=O)NCC(=O)NC(CCC(=O)O)C(=O)NCC(=O)N[C@H](CCC(=O)O)C(=O)O)OC(=O)CCCCCCCCCCCCCCC. The van der Waals surface area contributed by atoms with Crippen molar-refractivity contribution in [3.63, 3.8) is 0 Å². The van der Waals surface area contributed by atoms with Crippen molar-refractivity contribution in [3.8, 4) is 0 Å². The van der Waals surface area contributed by atoms with E-state index in [9.17, 15) is 68.1 Å². The molecule has 0 aromatic carbocycles. The average Bonchev–Trinajstić information content (AvgIpc) is 3.42. The number of carbonyl (C=O) groups excluding carboxylic acids is 7. The quantitative estimate of drug-likeness (QED) is 0.0164. The normalized spacial score (nSPS) is 12.9. The van der Waals surface area contributed by atoms with Crippen LogP contribution in [0.15, 0.2) is 0 Å². The molecule has 11 N–H and O–H groups in total. The fourth-order valence-corrected chi connectivity index (χ4v) is 9.51. The Morgan fingerprint density at radius 3 is 1.33 bits per heavy atom. The Labute approximate surface area is 484 Å². The number of carbonyl (C=O) groups is 11. The maximum absolute atomic E-state index is 13.4. The van der Waals surface area contributed by atoms with Crippen molar-refractivity contribution in [1.82, 2.24) is 26.6 Å². The molecule has 81 heavy (non-hydrogen) atoms. The molecule has 4 atom stereocenters. The lowest BCUT2D eigenvalue weighted by molar-refractivity contribution is -0.157. The zero-order chi connectivity index (χ0) is 60.5. The van der Waals surface area contributed by atoms with E-state index in [4.69, 9.17) is 20.3 Å². The summed E-state index contributed by atoms with van der Waals surface area (Å²) in [6.07, 6.45) is 26.1. The van der Waals surface area contributed by atoms with E-state index in [0.29, 0.717) is 12.8 Å². The number of hydrogen-bond donors (Lipinski definition) is 10. The van der Waals surface area contributed by atoms with Gasteiger partial charge >= 0.3 is 35.8 Å². The molecule has 0 bridgehead atoms. The Kier molecular flexibility index (Phi) is 45.8. The molecule has 0 saturated heterocycles. The van der Waals surface area contributed by atoms with Gasteiger partial charge in [0.1, 0.15) is 24.8 Å². The number of esters is 2. The molecule has 0 aliphatic heterocycles. The van der Waals surface area contributed by atoms with Crippen molar-refractivity contribution in [2.75, 3.05) is 31.2 Å². The Hall–Kier alpha value is -5.52. The Balaban J connectivity index is 5.42. The third kappa shape index (κ3) is 44.8. The number of unbranched alkanes of at least 4 members (excludes halogenated alkanes) is 24. The maximum atomic E-state index is 13.4. The first kappa shape index (κ1) is 75.5. The largest absolute Gasteiger partial charge is 0.481 e. The summed E-state index contributed by atoms with van der Waals surface area (Å²) in [6.45, 7) is 2.52. The summed E-state index contributed by atoms with van der Waals surface area (Å²) in [5, 5.41) is 47.6. The highest BCUT2D eigenvalue weighted by molar-refractivity contribution is 7.99. The highest BCUT2D eigenvalue weighted by atomic mass is 32.2. The smallest absolute Gasteiger partial charge is 0.326 e. The lowest BCUT2D eigenvalue weighted by Gasteiger charge is -2.29. The summed E-state index contributed by atoms with van der Waals surface area (Å²) in [4.78, 5) is 136. The fourth-order valence-electron chi connectivity index (χ4n) is 8.58.